The van der Waals surface area contributed by atoms with Crippen LogP contribution in [0.5, 0.6) is 0 Å². The fourth-order valence-electron chi connectivity index (χ4n) is 1.93. The zero-order chi connectivity index (χ0) is 14.7. The van der Waals surface area contributed by atoms with Crippen molar-refractivity contribution in [1.29, 1.82) is 0 Å². The molecule has 0 atom stereocenters. The SMILES string of the molecule is Cc1occc1CN(C)C(=O)c1cccc(C(N)=S)c1. The van der Waals surface area contributed by atoms with Gasteiger partial charge in [-0.1, -0.05) is 24.4 Å². The van der Waals surface area contributed by atoms with E-state index in [1.807, 2.05) is 13.0 Å². The van der Waals surface area contributed by atoms with Gasteiger partial charge in [-0.05, 0) is 25.1 Å². The van der Waals surface area contributed by atoms with Crippen LogP contribution in [0.3, 0.4) is 0 Å². The molecule has 0 aliphatic heterocycles. The molecule has 0 saturated heterocycles. The number of hydrogen-bond donors (Lipinski definition) is 1. The zero-order valence-electron chi connectivity index (χ0n) is 11.4. The van der Waals surface area contributed by atoms with Gasteiger partial charge in [-0.15, -0.1) is 0 Å². The zero-order valence-corrected chi connectivity index (χ0v) is 12.2. The third-order valence-corrected chi connectivity index (χ3v) is 3.35. The second kappa shape index (κ2) is 5.88. The Kier molecular flexibility index (Phi) is 4.20. The summed E-state index contributed by atoms with van der Waals surface area (Å²) in [6, 6.07) is 8.90. The first-order valence-corrected chi connectivity index (χ1v) is 6.58. The number of benzene rings is 1. The molecule has 0 unspecified atom stereocenters. The van der Waals surface area contributed by atoms with Crippen molar-refractivity contribution in [3.63, 3.8) is 0 Å². The molecule has 0 radical (unpaired) electrons. The first-order valence-electron chi connectivity index (χ1n) is 6.17. The highest BCUT2D eigenvalue weighted by atomic mass is 32.1. The predicted molar refractivity (Wildman–Crippen MR) is 81.6 cm³/mol. The Morgan fingerprint density at radius 2 is 2.05 bits per heavy atom. The summed E-state index contributed by atoms with van der Waals surface area (Å²) in [5.41, 5.74) is 7.84. The van der Waals surface area contributed by atoms with E-state index in [1.54, 1.807) is 42.5 Å². The van der Waals surface area contributed by atoms with Gasteiger partial charge in [0.2, 0.25) is 0 Å². The highest BCUT2D eigenvalue weighted by molar-refractivity contribution is 7.80. The molecule has 0 aliphatic rings. The van der Waals surface area contributed by atoms with Crippen LogP contribution in [0.25, 0.3) is 0 Å². The minimum absolute atomic E-state index is 0.0799. The maximum absolute atomic E-state index is 12.4. The third kappa shape index (κ3) is 3.05. The summed E-state index contributed by atoms with van der Waals surface area (Å²) in [7, 11) is 1.75. The van der Waals surface area contributed by atoms with Crippen LogP contribution in [0.4, 0.5) is 0 Å². The van der Waals surface area contributed by atoms with E-state index in [0.29, 0.717) is 17.7 Å². The lowest BCUT2D eigenvalue weighted by Crippen LogP contribution is -2.26. The highest BCUT2D eigenvalue weighted by Gasteiger charge is 2.14. The van der Waals surface area contributed by atoms with E-state index in [-0.39, 0.29) is 10.9 Å². The standard InChI is InChI=1S/C15H16N2O2S/c1-10-13(6-7-19-10)9-17(2)15(18)12-5-3-4-11(8-12)14(16)20/h3-8H,9H2,1-2H3,(H2,16,20). The number of aryl methyl sites for hydroxylation is 1. The summed E-state index contributed by atoms with van der Waals surface area (Å²) in [6.45, 7) is 2.37. The number of carbonyl (C=O) groups is 1. The maximum atomic E-state index is 12.4. The van der Waals surface area contributed by atoms with Crippen LogP contribution in [0, 0.1) is 6.92 Å². The van der Waals surface area contributed by atoms with Crippen molar-refractivity contribution in [3.05, 3.63) is 59.0 Å². The van der Waals surface area contributed by atoms with Crippen molar-refractivity contribution in [3.8, 4) is 0 Å². The minimum atomic E-state index is -0.0799. The predicted octanol–water partition coefficient (Wildman–Crippen LogP) is 2.49. The van der Waals surface area contributed by atoms with Gasteiger partial charge in [-0.3, -0.25) is 4.79 Å². The maximum Gasteiger partial charge on any atom is 0.253 e. The normalized spacial score (nSPS) is 10.3. The molecule has 0 aliphatic carbocycles. The Morgan fingerprint density at radius 3 is 2.65 bits per heavy atom. The van der Waals surface area contributed by atoms with Crippen LogP contribution >= 0.6 is 12.2 Å². The molecule has 2 aromatic rings. The molecule has 4 nitrogen and oxygen atoms in total. The number of hydrogen-bond acceptors (Lipinski definition) is 3. The lowest BCUT2D eigenvalue weighted by molar-refractivity contribution is 0.0784. The molecule has 104 valence electrons. The molecule has 1 heterocycles. The third-order valence-electron chi connectivity index (χ3n) is 3.11. The van der Waals surface area contributed by atoms with Crippen molar-refractivity contribution in [1.82, 2.24) is 4.90 Å². The molecule has 20 heavy (non-hydrogen) atoms. The van der Waals surface area contributed by atoms with Gasteiger partial charge in [-0.25, -0.2) is 0 Å². The monoisotopic (exact) mass is 288 g/mol. The molecule has 0 fully saturated rings. The van der Waals surface area contributed by atoms with Gasteiger partial charge < -0.3 is 15.1 Å². The quantitative estimate of drug-likeness (QED) is 0.878. The van der Waals surface area contributed by atoms with E-state index in [4.69, 9.17) is 22.4 Å². The number of rotatable bonds is 4. The fourth-order valence-corrected chi connectivity index (χ4v) is 2.06. The second-order valence-electron chi connectivity index (χ2n) is 4.61. The van der Waals surface area contributed by atoms with Crippen LogP contribution < -0.4 is 5.73 Å². The number of nitrogens with two attached hydrogens (primary N) is 1. The van der Waals surface area contributed by atoms with E-state index in [1.165, 1.54) is 0 Å². The number of nitrogens with zero attached hydrogens (tertiary/aromatic N) is 1. The molecule has 2 rings (SSSR count). The molecular formula is C15H16N2O2S. The smallest absolute Gasteiger partial charge is 0.253 e. The summed E-state index contributed by atoms with van der Waals surface area (Å²) < 4.78 is 5.23. The number of amides is 1. The number of furan rings is 1. The molecular weight excluding hydrogens is 272 g/mol. The largest absolute Gasteiger partial charge is 0.469 e. The molecule has 5 heteroatoms. The van der Waals surface area contributed by atoms with E-state index >= 15 is 0 Å². The van der Waals surface area contributed by atoms with Crippen molar-refractivity contribution in [2.75, 3.05) is 7.05 Å². The van der Waals surface area contributed by atoms with Crippen molar-refractivity contribution in [2.24, 2.45) is 5.73 Å². The van der Waals surface area contributed by atoms with Crippen molar-refractivity contribution >= 4 is 23.1 Å². The van der Waals surface area contributed by atoms with Crippen LogP contribution in [0.15, 0.2) is 41.0 Å². The summed E-state index contributed by atoms with van der Waals surface area (Å²) in [5.74, 6) is 0.741. The Labute approximate surface area is 123 Å². The molecule has 1 amide bonds. The van der Waals surface area contributed by atoms with E-state index in [9.17, 15) is 4.79 Å². The lowest BCUT2D eigenvalue weighted by atomic mass is 10.1. The second-order valence-corrected chi connectivity index (χ2v) is 5.05. The Morgan fingerprint density at radius 1 is 1.35 bits per heavy atom. The van der Waals surface area contributed by atoms with Gasteiger partial charge in [0, 0.05) is 30.3 Å². The van der Waals surface area contributed by atoms with Gasteiger partial charge in [-0.2, -0.15) is 0 Å². The Bertz CT molecular complexity index is 649. The highest BCUT2D eigenvalue weighted by Crippen LogP contribution is 2.14. The summed E-state index contributed by atoms with van der Waals surface area (Å²) >= 11 is 4.92. The van der Waals surface area contributed by atoms with E-state index < -0.39 is 0 Å². The molecule has 1 aromatic heterocycles. The van der Waals surface area contributed by atoms with Gasteiger partial charge in [0.15, 0.2) is 0 Å². The molecule has 0 bridgehead atoms. The van der Waals surface area contributed by atoms with Crippen molar-refractivity contribution in [2.45, 2.75) is 13.5 Å². The Hall–Kier alpha value is -2.14. The van der Waals surface area contributed by atoms with Crippen LogP contribution in [-0.2, 0) is 6.54 Å². The summed E-state index contributed by atoms with van der Waals surface area (Å²) in [5, 5.41) is 0. The van der Waals surface area contributed by atoms with Gasteiger partial charge >= 0.3 is 0 Å². The van der Waals surface area contributed by atoms with Crippen LogP contribution in [0.2, 0.25) is 0 Å². The lowest BCUT2D eigenvalue weighted by Gasteiger charge is -2.17. The molecule has 0 spiro atoms. The first kappa shape index (κ1) is 14.3. The minimum Gasteiger partial charge on any atom is -0.469 e. The first-order chi connectivity index (χ1) is 9.49. The van der Waals surface area contributed by atoms with E-state index in [2.05, 4.69) is 0 Å². The molecule has 2 N–H and O–H groups in total. The average Bonchev–Trinajstić information content (AvgIpc) is 2.83. The summed E-state index contributed by atoms with van der Waals surface area (Å²) in [4.78, 5) is 14.3. The van der Waals surface area contributed by atoms with Gasteiger partial charge in [0.1, 0.15) is 10.7 Å². The van der Waals surface area contributed by atoms with E-state index in [0.717, 1.165) is 11.3 Å². The van der Waals surface area contributed by atoms with Crippen LogP contribution in [0.1, 0.15) is 27.2 Å². The van der Waals surface area contributed by atoms with Crippen LogP contribution in [-0.4, -0.2) is 22.8 Å². The molecule has 0 saturated carbocycles. The average molecular weight is 288 g/mol. The molecule has 1 aromatic carbocycles. The summed E-state index contributed by atoms with van der Waals surface area (Å²) in [6.07, 6.45) is 1.62. The van der Waals surface area contributed by atoms with Gasteiger partial charge in [0.05, 0.1) is 6.26 Å². The van der Waals surface area contributed by atoms with Crippen molar-refractivity contribution < 1.29 is 9.21 Å². The van der Waals surface area contributed by atoms with Gasteiger partial charge in [0.25, 0.3) is 5.91 Å². The number of carbonyl (C=O) groups excluding carboxylic acids is 1. The Balaban J connectivity index is 2.16. The topological polar surface area (TPSA) is 59.5 Å². The fraction of sp³-hybridized carbons (Fsp3) is 0.200. The number of thiocarbonyl (C=S) groups is 1.